The maximum absolute atomic E-state index is 5.04. The molecule has 0 bridgehead atoms. The summed E-state index contributed by atoms with van der Waals surface area (Å²) in [5.41, 5.74) is 2.10. The van der Waals surface area contributed by atoms with Crippen molar-refractivity contribution in [3.63, 3.8) is 0 Å². The van der Waals surface area contributed by atoms with Gasteiger partial charge in [0.1, 0.15) is 5.01 Å². The molecule has 0 aromatic carbocycles. The number of hydrogen-bond acceptors (Lipinski definition) is 3. The molecule has 1 fully saturated rings. The standard InChI is InChI=1S/C17H28N2S/c1-4-12-18-17(10-8-16(2,3)9-11-17)15-19-13-6-5-7-14(13)20-15/h18H,4-12H2,1-3H3. The van der Waals surface area contributed by atoms with Gasteiger partial charge in [0.15, 0.2) is 0 Å². The minimum Gasteiger partial charge on any atom is -0.305 e. The Balaban J connectivity index is 1.85. The van der Waals surface area contributed by atoms with Crippen LogP contribution in [0, 0.1) is 5.41 Å². The molecule has 1 N–H and O–H groups in total. The smallest absolute Gasteiger partial charge is 0.113 e. The molecule has 2 aliphatic rings. The van der Waals surface area contributed by atoms with Crippen molar-refractivity contribution in [3.05, 3.63) is 15.6 Å². The van der Waals surface area contributed by atoms with Crippen LogP contribution >= 0.6 is 11.3 Å². The fourth-order valence-corrected chi connectivity index (χ4v) is 4.95. The highest BCUT2D eigenvalue weighted by molar-refractivity contribution is 7.12. The molecule has 1 aromatic rings. The molecule has 0 radical (unpaired) electrons. The second-order valence-corrected chi connectivity index (χ2v) is 8.50. The third-order valence-corrected chi connectivity index (χ3v) is 6.54. The first-order chi connectivity index (χ1) is 9.55. The van der Waals surface area contributed by atoms with Crippen molar-refractivity contribution < 1.29 is 0 Å². The summed E-state index contributed by atoms with van der Waals surface area (Å²) in [6.45, 7) is 8.21. The van der Waals surface area contributed by atoms with Gasteiger partial charge in [0.2, 0.25) is 0 Å². The Bertz CT molecular complexity index is 444. The predicted octanol–water partition coefficient (Wildman–Crippen LogP) is 4.43. The number of rotatable bonds is 4. The van der Waals surface area contributed by atoms with Crippen molar-refractivity contribution in [2.75, 3.05) is 6.54 Å². The van der Waals surface area contributed by atoms with Gasteiger partial charge in [0.05, 0.1) is 11.2 Å². The summed E-state index contributed by atoms with van der Waals surface area (Å²) in [5.74, 6) is 0. The lowest BCUT2D eigenvalue weighted by atomic mass is 9.69. The number of nitrogens with one attached hydrogen (secondary N) is 1. The van der Waals surface area contributed by atoms with Crippen molar-refractivity contribution in [3.8, 4) is 0 Å². The second-order valence-electron chi connectivity index (χ2n) is 7.42. The molecule has 0 saturated heterocycles. The summed E-state index contributed by atoms with van der Waals surface area (Å²) in [6, 6.07) is 0. The topological polar surface area (TPSA) is 24.9 Å². The number of aryl methyl sites for hydroxylation is 2. The maximum Gasteiger partial charge on any atom is 0.113 e. The van der Waals surface area contributed by atoms with E-state index in [4.69, 9.17) is 4.98 Å². The van der Waals surface area contributed by atoms with E-state index < -0.39 is 0 Å². The SMILES string of the molecule is CCCNC1(c2nc3c(s2)CCC3)CCC(C)(C)CC1. The van der Waals surface area contributed by atoms with Crippen LogP contribution in [0.5, 0.6) is 0 Å². The van der Waals surface area contributed by atoms with Gasteiger partial charge in [0.25, 0.3) is 0 Å². The molecular formula is C17H28N2S. The van der Waals surface area contributed by atoms with Crippen LogP contribution in [0.1, 0.15) is 74.9 Å². The Morgan fingerprint density at radius 3 is 2.55 bits per heavy atom. The van der Waals surface area contributed by atoms with Gasteiger partial charge in [-0.3, -0.25) is 0 Å². The Morgan fingerprint density at radius 1 is 1.15 bits per heavy atom. The highest BCUT2D eigenvalue weighted by Crippen LogP contribution is 2.47. The van der Waals surface area contributed by atoms with E-state index in [1.54, 1.807) is 4.88 Å². The Morgan fingerprint density at radius 2 is 1.90 bits per heavy atom. The molecular weight excluding hydrogens is 264 g/mol. The Labute approximate surface area is 127 Å². The van der Waals surface area contributed by atoms with E-state index in [1.807, 2.05) is 11.3 Å². The first-order valence-electron chi connectivity index (χ1n) is 8.29. The van der Waals surface area contributed by atoms with E-state index in [0.29, 0.717) is 5.41 Å². The fraction of sp³-hybridized carbons (Fsp3) is 0.824. The molecule has 2 nitrogen and oxygen atoms in total. The highest BCUT2D eigenvalue weighted by atomic mass is 32.1. The molecule has 0 spiro atoms. The second kappa shape index (κ2) is 5.42. The van der Waals surface area contributed by atoms with Crippen LogP contribution in [0.3, 0.4) is 0 Å². The number of thiazole rings is 1. The van der Waals surface area contributed by atoms with E-state index in [9.17, 15) is 0 Å². The molecule has 0 unspecified atom stereocenters. The molecule has 1 saturated carbocycles. The van der Waals surface area contributed by atoms with Crippen LogP contribution in [-0.2, 0) is 18.4 Å². The lowest BCUT2D eigenvalue weighted by Crippen LogP contribution is -2.47. The number of hydrogen-bond donors (Lipinski definition) is 1. The maximum atomic E-state index is 5.04. The van der Waals surface area contributed by atoms with Crippen LogP contribution in [-0.4, -0.2) is 11.5 Å². The van der Waals surface area contributed by atoms with Gasteiger partial charge in [-0.15, -0.1) is 11.3 Å². The number of aromatic nitrogens is 1. The van der Waals surface area contributed by atoms with Gasteiger partial charge in [-0.05, 0) is 63.3 Å². The third-order valence-electron chi connectivity index (χ3n) is 5.18. The average molecular weight is 292 g/mol. The molecule has 0 aliphatic heterocycles. The Kier molecular flexibility index (Phi) is 3.93. The monoisotopic (exact) mass is 292 g/mol. The summed E-state index contributed by atoms with van der Waals surface area (Å²) in [4.78, 5) is 6.62. The molecule has 3 heteroatoms. The van der Waals surface area contributed by atoms with Gasteiger partial charge < -0.3 is 5.32 Å². The van der Waals surface area contributed by atoms with Gasteiger partial charge >= 0.3 is 0 Å². The van der Waals surface area contributed by atoms with E-state index >= 15 is 0 Å². The van der Waals surface area contributed by atoms with Crippen LogP contribution in [0.15, 0.2) is 0 Å². The zero-order valence-electron chi connectivity index (χ0n) is 13.2. The van der Waals surface area contributed by atoms with E-state index in [-0.39, 0.29) is 5.54 Å². The third kappa shape index (κ3) is 2.67. The fourth-order valence-electron chi connectivity index (χ4n) is 3.58. The Hall–Kier alpha value is -0.410. The summed E-state index contributed by atoms with van der Waals surface area (Å²) in [5, 5.41) is 5.27. The zero-order valence-corrected chi connectivity index (χ0v) is 14.0. The van der Waals surface area contributed by atoms with Crippen LogP contribution in [0.2, 0.25) is 0 Å². The molecule has 0 amide bonds. The average Bonchev–Trinajstić information content (AvgIpc) is 2.99. The lowest BCUT2D eigenvalue weighted by molar-refractivity contribution is 0.134. The number of fused-ring (bicyclic) bond motifs is 1. The molecule has 3 rings (SSSR count). The van der Waals surface area contributed by atoms with Gasteiger partial charge in [-0.1, -0.05) is 20.8 Å². The largest absolute Gasteiger partial charge is 0.305 e. The van der Waals surface area contributed by atoms with Crippen LogP contribution in [0.25, 0.3) is 0 Å². The summed E-state index contributed by atoms with van der Waals surface area (Å²) in [7, 11) is 0. The van der Waals surface area contributed by atoms with Gasteiger partial charge in [0, 0.05) is 4.88 Å². The van der Waals surface area contributed by atoms with Crippen molar-refractivity contribution in [2.24, 2.45) is 5.41 Å². The quantitative estimate of drug-likeness (QED) is 0.888. The summed E-state index contributed by atoms with van der Waals surface area (Å²) in [6.07, 6.45) is 10.1. The molecule has 1 aromatic heterocycles. The minimum atomic E-state index is 0.181. The molecule has 2 aliphatic carbocycles. The molecule has 0 atom stereocenters. The van der Waals surface area contributed by atoms with Crippen LogP contribution < -0.4 is 5.32 Å². The summed E-state index contributed by atoms with van der Waals surface area (Å²) < 4.78 is 0. The van der Waals surface area contributed by atoms with E-state index in [0.717, 1.165) is 6.54 Å². The van der Waals surface area contributed by atoms with Crippen molar-refractivity contribution in [1.82, 2.24) is 10.3 Å². The lowest BCUT2D eigenvalue weighted by Gasteiger charge is -2.43. The summed E-state index contributed by atoms with van der Waals surface area (Å²) >= 11 is 2.00. The molecule has 112 valence electrons. The van der Waals surface area contributed by atoms with Crippen molar-refractivity contribution in [1.29, 1.82) is 0 Å². The highest BCUT2D eigenvalue weighted by Gasteiger charge is 2.41. The predicted molar refractivity (Wildman–Crippen MR) is 86.4 cm³/mol. The normalized spacial score (nSPS) is 23.8. The first kappa shape index (κ1) is 14.5. The first-order valence-corrected chi connectivity index (χ1v) is 9.10. The van der Waals surface area contributed by atoms with E-state index in [1.165, 1.54) is 62.1 Å². The molecule has 20 heavy (non-hydrogen) atoms. The number of nitrogens with zero attached hydrogens (tertiary/aromatic N) is 1. The van der Waals surface area contributed by atoms with Gasteiger partial charge in [-0.25, -0.2) is 4.98 Å². The van der Waals surface area contributed by atoms with Gasteiger partial charge in [-0.2, -0.15) is 0 Å². The minimum absolute atomic E-state index is 0.181. The van der Waals surface area contributed by atoms with Crippen molar-refractivity contribution in [2.45, 2.75) is 77.7 Å². The van der Waals surface area contributed by atoms with E-state index in [2.05, 4.69) is 26.1 Å². The van der Waals surface area contributed by atoms with Crippen molar-refractivity contribution >= 4 is 11.3 Å². The zero-order chi connectivity index (χ0) is 14.2. The van der Waals surface area contributed by atoms with Crippen LogP contribution in [0.4, 0.5) is 0 Å². The molecule has 1 heterocycles.